The minimum absolute atomic E-state index is 0.0262. The zero-order chi connectivity index (χ0) is 16.2. The summed E-state index contributed by atoms with van der Waals surface area (Å²) in [6.07, 6.45) is 4.51. The van der Waals surface area contributed by atoms with Crippen LogP contribution in [-0.2, 0) is 16.6 Å². The van der Waals surface area contributed by atoms with Gasteiger partial charge in [-0.15, -0.1) is 0 Å². The Balaban J connectivity index is 2.02. The summed E-state index contributed by atoms with van der Waals surface area (Å²) in [6.45, 7) is 0.260. The molecule has 2 heterocycles. The predicted molar refractivity (Wildman–Crippen MR) is 80.5 cm³/mol. The van der Waals surface area contributed by atoms with Gasteiger partial charge in [0.1, 0.15) is 0 Å². The van der Waals surface area contributed by atoms with Gasteiger partial charge in [-0.2, -0.15) is 0 Å². The first kappa shape index (κ1) is 16.1. The van der Waals surface area contributed by atoms with Crippen molar-refractivity contribution >= 4 is 15.9 Å². The number of carbonyl (C=O) groups is 1. The second-order valence-corrected chi connectivity index (χ2v) is 6.81. The van der Waals surface area contributed by atoms with E-state index < -0.39 is 10.0 Å². The van der Waals surface area contributed by atoms with Gasteiger partial charge < -0.3 is 5.32 Å². The van der Waals surface area contributed by atoms with E-state index in [2.05, 4.69) is 15.3 Å². The van der Waals surface area contributed by atoms with Gasteiger partial charge in [-0.1, -0.05) is 6.07 Å². The quantitative estimate of drug-likeness (QED) is 0.873. The van der Waals surface area contributed by atoms with Crippen molar-refractivity contribution < 1.29 is 13.2 Å². The summed E-state index contributed by atoms with van der Waals surface area (Å²) in [5, 5.41) is 2.70. The average molecular weight is 320 g/mol. The van der Waals surface area contributed by atoms with Gasteiger partial charge in [0.2, 0.25) is 0 Å². The van der Waals surface area contributed by atoms with Gasteiger partial charge in [-0.3, -0.25) is 9.78 Å². The Morgan fingerprint density at radius 1 is 1.18 bits per heavy atom. The largest absolute Gasteiger partial charge is 0.348 e. The first-order valence-corrected chi connectivity index (χ1v) is 7.91. The molecule has 2 aromatic rings. The molecule has 0 aliphatic heterocycles. The highest BCUT2D eigenvalue weighted by molar-refractivity contribution is 7.89. The molecule has 0 unspecified atom stereocenters. The van der Waals surface area contributed by atoms with Crippen molar-refractivity contribution in [3.8, 4) is 0 Å². The molecule has 1 amide bonds. The minimum atomic E-state index is -3.54. The molecule has 0 spiro atoms. The Morgan fingerprint density at radius 3 is 2.41 bits per heavy atom. The Morgan fingerprint density at radius 2 is 1.86 bits per heavy atom. The van der Waals surface area contributed by atoms with Gasteiger partial charge in [0.05, 0.1) is 0 Å². The molecule has 0 saturated heterocycles. The van der Waals surface area contributed by atoms with Crippen LogP contribution in [-0.4, -0.2) is 42.7 Å². The molecule has 0 atom stereocenters. The van der Waals surface area contributed by atoms with Crippen molar-refractivity contribution in [3.05, 3.63) is 54.0 Å². The Hall–Kier alpha value is -2.32. The predicted octanol–water partition coefficient (Wildman–Crippen LogP) is 0.657. The van der Waals surface area contributed by atoms with Crippen LogP contribution in [0.5, 0.6) is 0 Å². The lowest BCUT2D eigenvalue weighted by molar-refractivity contribution is 0.0950. The third-order valence-electron chi connectivity index (χ3n) is 2.94. The van der Waals surface area contributed by atoms with Crippen molar-refractivity contribution in [3.63, 3.8) is 0 Å². The van der Waals surface area contributed by atoms with E-state index in [0.717, 1.165) is 4.31 Å². The van der Waals surface area contributed by atoms with Crippen LogP contribution < -0.4 is 5.32 Å². The third-order valence-corrected chi connectivity index (χ3v) is 4.67. The van der Waals surface area contributed by atoms with Crippen LogP contribution in [0.1, 0.15) is 15.9 Å². The van der Waals surface area contributed by atoms with Gasteiger partial charge in [-0.25, -0.2) is 17.7 Å². The number of aromatic nitrogens is 2. The second kappa shape index (κ2) is 6.63. The SMILES string of the molecule is CN(C)S(=O)(=O)c1ccc(CNC(=O)c2ccncc2)cn1. The van der Waals surface area contributed by atoms with Crippen molar-refractivity contribution in [1.29, 1.82) is 0 Å². The number of carbonyl (C=O) groups excluding carboxylic acids is 1. The molecule has 0 radical (unpaired) electrons. The van der Waals surface area contributed by atoms with Crippen LogP contribution in [0.15, 0.2) is 47.9 Å². The van der Waals surface area contributed by atoms with E-state index in [-0.39, 0.29) is 17.5 Å². The van der Waals surface area contributed by atoms with Crippen molar-refractivity contribution in [2.75, 3.05) is 14.1 Å². The molecule has 8 heteroatoms. The summed E-state index contributed by atoms with van der Waals surface area (Å²) in [5.74, 6) is -0.229. The molecule has 0 bridgehead atoms. The summed E-state index contributed by atoms with van der Waals surface area (Å²) in [5.41, 5.74) is 1.22. The van der Waals surface area contributed by atoms with Gasteiger partial charge in [0.25, 0.3) is 15.9 Å². The first-order chi connectivity index (χ1) is 10.4. The topological polar surface area (TPSA) is 92.3 Å². The van der Waals surface area contributed by atoms with Gasteiger partial charge >= 0.3 is 0 Å². The molecule has 116 valence electrons. The zero-order valence-electron chi connectivity index (χ0n) is 12.2. The van der Waals surface area contributed by atoms with Crippen molar-refractivity contribution in [1.82, 2.24) is 19.6 Å². The molecule has 22 heavy (non-hydrogen) atoms. The minimum Gasteiger partial charge on any atom is -0.348 e. The number of pyridine rings is 2. The maximum absolute atomic E-state index is 11.9. The van der Waals surface area contributed by atoms with Crippen LogP contribution in [0.3, 0.4) is 0 Å². The summed E-state index contributed by atoms with van der Waals surface area (Å²) in [4.78, 5) is 19.6. The molecule has 0 fully saturated rings. The standard InChI is InChI=1S/C14H16N4O3S/c1-18(2)22(20,21)13-4-3-11(9-16-13)10-17-14(19)12-5-7-15-8-6-12/h3-9H,10H2,1-2H3,(H,17,19). The molecule has 0 saturated carbocycles. The lowest BCUT2D eigenvalue weighted by Gasteiger charge is -2.11. The van der Waals surface area contributed by atoms with Crippen LogP contribution in [0, 0.1) is 0 Å². The van der Waals surface area contributed by atoms with Crippen molar-refractivity contribution in [2.24, 2.45) is 0 Å². The smallest absolute Gasteiger partial charge is 0.260 e. The van der Waals surface area contributed by atoms with Gasteiger partial charge in [0.15, 0.2) is 5.03 Å². The number of nitrogens with zero attached hydrogens (tertiary/aromatic N) is 3. The van der Waals surface area contributed by atoms with E-state index in [1.54, 1.807) is 18.2 Å². The molecule has 0 aromatic carbocycles. The number of hydrogen-bond donors (Lipinski definition) is 1. The van der Waals surface area contributed by atoms with E-state index >= 15 is 0 Å². The monoisotopic (exact) mass is 320 g/mol. The molecular weight excluding hydrogens is 304 g/mol. The summed E-state index contributed by atoms with van der Waals surface area (Å²) in [7, 11) is -0.651. The molecule has 2 aromatic heterocycles. The normalized spacial score (nSPS) is 11.4. The molecule has 0 aliphatic rings. The van der Waals surface area contributed by atoms with Crippen LogP contribution in [0.2, 0.25) is 0 Å². The third kappa shape index (κ3) is 3.66. The van der Waals surface area contributed by atoms with E-state index in [1.807, 2.05) is 0 Å². The molecule has 1 N–H and O–H groups in total. The number of hydrogen-bond acceptors (Lipinski definition) is 5. The Kier molecular flexibility index (Phi) is 4.84. The van der Waals surface area contributed by atoms with Gasteiger partial charge in [-0.05, 0) is 23.8 Å². The summed E-state index contributed by atoms with van der Waals surface area (Å²) < 4.78 is 24.9. The molecule has 2 rings (SSSR count). The van der Waals surface area contributed by atoms with Crippen molar-refractivity contribution in [2.45, 2.75) is 11.6 Å². The fourth-order valence-electron chi connectivity index (χ4n) is 1.64. The second-order valence-electron chi connectivity index (χ2n) is 4.71. The fraction of sp³-hybridized carbons (Fsp3) is 0.214. The van der Waals surface area contributed by atoms with E-state index in [9.17, 15) is 13.2 Å². The maximum Gasteiger partial charge on any atom is 0.260 e. The van der Waals surface area contributed by atoms with Gasteiger partial charge in [0, 0.05) is 44.8 Å². The molecule has 0 aliphatic carbocycles. The van der Waals surface area contributed by atoms with E-state index in [0.29, 0.717) is 11.1 Å². The van der Waals surface area contributed by atoms with Crippen LogP contribution in [0.4, 0.5) is 0 Å². The number of amides is 1. The fourth-order valence-corrected chi connectivity index (χ4v) is 2.44. The van der Waals surface area contributed by atoms with Crippen LogP contribution in [0.25, 0.3) is 0 Å². The highest BCUT2D eigenvalue weighted by Gasteiger charge is 2.18. The zero-order valence-corrected chi connectivity index (χ0v) is 13.0. The molecular formula is C14H16N4O3S. The highest BCUT2D eigenvalue weighted by Crippen LogP contribution is 2.10. The number of sulfonamides is 1. The van der Waals surface area contributed by atoms with E-state index in [1.165, 1.54) is 38.8 Å². The Bertz CT molecular complexity index is 743. The Labute approximate surface area is 129 Å². The average Bonchev–Trinajstić information content (AvgIpc) is 2.53. The van der Waals surface area contributed by atoms with Crippen LogP contribution >= 0.6 is 0 Å². The lowest BCUT2D eigenvalue weighted by atomic mass is 10.2. The highest BCUT2D eigenvalue weighted by atomic mass is 32.2. The summed E-state index contributed by atoms with van der Waals surface area (Å²) >= 11 is 0. The van der Waals surface area contributed by atoms with E-state index in [4.69, 9.17) is 0 Å². The first-order valence-electron chi connectivity index (χ1n) is 6.47. The lowest BCUT2D eigenvalue weighted by Crippen LogP contribution is -2.24. The number of rotatable bonds is 5. The summed E-state index contributed by atoms with van der Waals surface area (Å²) in [6, 6.07) is 6.26. The number of nitrogens with one attached hydrogen (secondary N) is 1. The molecule has 7 nitrogen and oxygen atoms in total. The maximum atomic E-state index is 11.9.